The lowest BCUT2D eigenvalue weighted by molar-refractivity contribution is -0.129. The van der Waals surface area contributed by atoms with Gasteiger partial charge in [-0.2, -0.15) is 0 Å². The number of amides is 1. The smallest absolute Gasteiger partial charge is 0.278 e. The van der Waals surface area contributed by atoms with Crippen molar-refractivity contribution < 1.29 is 4.79 Å². The van der Waals surface area contributed by atoms with Crippen molar-refractivity contribution >= 4 is 51.6 Å². The molecule has 1 aliphatic heterocycles. The molecule has 4 aromatic rings. The molecule has 180 valence electrons. The molecule has 1 fully saturated rings. The number of rotatable bonds is 5. The molecule has 3 heterocycles. The third-order valence-electron chi connectivity index (χ3n) is 6.41. The first kappa shape index (κ1) is 24.0. The van der Waals surface area contributed by atoms with E-state index >= 15 is 0 Å². The van der Waals surface area contributed by atoms with Gasteiger partial charge in [0.2, 0.25) is 5.91 Å². The number of hydrogen-bond donors (Lipinski definition) is 0. The summed E-state index contributed by atoms with van der Waals surface area (Å²) in [6.07, 6.45) is 2.06. The van der Waals surface area contributed by atoms with E-state index in [2.05, 4.69) is 6.92 Å². The van der Waals surface area contributed by atoms with Crippen molar-refractivity contribution in [3.63, 3.8) is 0 Å². The fourth-order valence-corrected chi connectivity index (χ4v) is 6.54. The number of nitrogens with zero attached hydrogens (tertiary/aromatic N) is 4. The maximum absolute atomic E-state index is 13.8. The fraction of sp³-hybridized carbons (Fsp3) is 0.308. The highest BCUT2D eigenvalue weighted by Crippen LogP contribution is 2.29. The molecule has 2 aromatic heterocycles. The van der Waals surface area contributed by atoms with E-state index in [0.717, 1.165) is 42.9 Å². The van der Waals surface area contributed by atoms with Gasteiger partial charge in [0.15, 0.2) is 14.8 Å². The Balaban J connectivity index is 1.61. The molecule has 1 saturated heterocycles. The van der Waals surface area contributed by atoms with Gasteiger partial charge in [0.05, 0.1) is 17.1 Å². The van der Waals surface area contributed by atoms with Crippen molar-refractivity contribution in [2.24, 2.45) is 5.92 Å². The van der Waals surface area contributed by atoms with Crippen LogP contribution in [-0.2, 0) is 4.79 Å². The maximum atomic E-state index is 13.8. The van der Waals surface area contributed by atoms with Crippen molar-refractivity contribution in [2.75, 3.05) is 18.8 Å². The zero-order chi connectivity index (χ0) is 24.5. The Kier molecular flexibility index (Phi) is 6.91. The predicted octanol–water partition coefficient (Wildman–Crippen LogP) is 5.63. The summed E-state index contributed by atoms with van der Waals surface area (Å²) in [7, 11) is 0. The van der Waals surface area contributed by atoms with Gasteiger partial charge in [0.1, 0.15) is 4.70 Å². The Morgan fingerprint density at radius 1 is 1.09 bits per heavy atom. The second-order valence-corrected chi connectivity index (χ2v) is 11.5. The summed E-state index contributed by atoms with van der Waals surface area (Å²) in [5.41, 5.74) is 3.03. The normalized spacial score (nSPS) is 14.5. The first-order chi connectivity index (χ1) is 16.9. The Bertz CT molecular complexity index is 1500. The van der Waals surface area contributed by atoms with Gasteiger partial charge in [-0.15, -0.1) is 0 Å². The van der Waals surface area contributed by atoms with Gasteiger partial charge in [-0.25, -0.2) is 4.98 Å². The molecule has 0 saturated carbocycles. The highest BCUT2D eigenvalue weighted by molar-refractivity contribution is 7.99. The lowest BCUT2D eigenvalue weighted by Gasteiger charge is -2.30. The molecular formula is C26H26N4O2S3. The Labute approximate surface area is 217 Å². The van der Waals surface area contributed by atoms with Crippen LogP contribution in [0.5, 0.6) is 0 Å². The number of para-hydroxylation sites is 2. The molecule has 1 amide bonds. The number of hydrogen-bond acceptors (Lipinski definition) is 6. The van der Waals surface area contributed by atoms with Gasteiger partial charge in [0, 0.05) is 13.1 Å². The summed E-state index contributed by atoms with van der Waals surface area (Å²) >= 11 is 8.26. The van der Waals surface area contributed by atoms with E-state index in [-0.39, 0.29) is 17.2 Å². The Morgan fingerprint density at radius 3 is 2.49 bits per heavy atom. The van der Waals surface area contributed by atoms with Crippen molar-refractivity contribution in [1.82, 2.24) is 19.0 Å². The minimum absolute atomic E-state index is 0.0805. The van der Waals surface area contributed by atoms with E-state index in [0.29, 0.717) is 25.4 Å². The molecule has 35 heavy (non-hydrogen) atoms. The van der Waals surface area contributed by atoms with E-state index in [1.165, 1.54) is 23.1 Å². The molecule has 0 radical (unpaired) electrons. The molecule has 0 bridgehead atoms. The average Bonchev–Trinajstić information content (AvgIpc) is 3.20. The number of fused-ring (bicyclic) bond motifs is 1. The van der Waals surface area contributed by atoms with Crippen LogP contribution in [0, 0.1) is 16.8 Å². The van der Waals surface area contributed by atoms with Crippen molar-refractivity contribution in [3.8, 4) is 11.4 Å². The number of benzene rings is 2. The summed E-state index contributed by atoms with van der Waals surface area (Å²) in [6.45, 7) is 5.82. The number of aryl methyl sites for hydroxylation is 1. The molecule has 0 aliphatic carbocycles. The second-order valence-electron chi connectivity index (χ2n) is 8.87. The van der Waals surface area contributed by atoms with Crippen LogP contribution in [0.25, 0.3) is 21.7 Å². The van der Waals surface area contributed by atoms with E-state index < -0.39 is 0 Å². The van der Waals surface area contributed by atoms with Crippen LogP contribution in [0.1, 0.15) is 25.3 Å². The molecule has 0 N–H and O–H groups in total. The van der Waals surface area contributed by atoms with Crippen molar-refractivity contribution in [1.29, 1.82) is 0 Å². The third kappa shape index (κ3) is 4.72. The summed E-state index contributed by atoms with van der Waals surface area (Å²) in [5.74, 6) is 0.966. The van der Waals surface area contributed by atoms with Crippen LogP contribution in [0.3, 0.4) is 0 Å². The summed E-state index contributed by atoms with van der Waals surface area (Å²) in [6, 6.07) is 17.4. The standard InChI is InChI=1S/C26H26N4O2S3/c1-17-12-14-28(15-13-17)21(31)16-34-25-27-23-22(24(32)29(25)19-9-4-3-5-10-19)35-26(33)30(23)20-11-7-6-8-18(20)2/h3-11,17H,12-16H2,1-2H3. The van der Waals surface area contributed by atoms with Crippen LogP contribution < -0.4 is 5.56 Å². The topological polar surface area (TPSA) is 60.1 Å². The number of piperidine rings is 1. The number of thioether (sulfide) groups is 1. The lowest BCUT2D eigenvalue weighted by atomic mass is 9.99. The molecule has 5 rings (SSSR count). The van der Waals surface area contributed by atoms with E-state index in [1.807, 2.05) is 71.0 Å². The van der Waals surface area contributed by atoms with Gasteiger partial charge in [-0.05, 0) is 61.7 Å². The molecule has 1 aliphatic rings. The zero-order valence-corrected chi connectivity index (χ0v) is 22.1. The summed E-state index contributed by atoms with van der Waals surface area (Å²) < 4.78 is 4.55. The molecular weight excluding hydrogens is 497 g/mol. The van der Waals surface area contributed by atoms with Crippen LogP contribution in [-0.4, -0.2) is 43.8 Å². The molecule has 9 heteroatoms. The first-order valence-corrected chi connectivity index (χ1v) is 13.9. The number of aromatic nitrogens is 3. The lowest BCUT2D eigenvalue weighted by Crippen LogP contribution is -2.39. The highest BCUT2D eigenvalue weighted by atomic mass is 32.2. The fourth-order valence-electron chi connectivity index (χ4n) is 4.34. The Hall–Kier alpha value is -2.75. The number of thiazole rings is 1. The van der Waals surface area contributed by atoms with Crippen LogP contribution in [0.4, 0.5) is 0 Å². The number of carbonyl (C=O) groups is 1. The zero-order valence-electron chi connectivity index (χ0n) is 19.6. The SMILES string of the molecule is Cc1ccccc1-n1c(=S)sc2c(=O)n(-c3ccccc3)c(SCC(=O)N3CCC(C)CC3)nc21. The van der Waals surface area contributed by atoms with Crippen LogP contribution >= 0.6 is 35.3 Å². The summed E-state index contributed by atoms with van der Waals surface area (Å²) in [5, 5.41) is 0.488. The van der Waals surface area contributed by atoms with E-state index in [4.69, 9.17) is 17.2 Å². The largest absolute Gasteiger partial charge is 0.342 e. The number of likely N-dealkylation sites (tertiary alicyclic amines) is 1. The number of carbonyl (C=O) groups excluding carboxylic acids is 1. The summed E-state index contributed by atoms with van der Waals surface area (Å²) in [4.78, 5) is 33.6. The monoisotopic (exact) mass is 522 g/mol. The van der Waals surface area contributed by atoms with Crippen LogP contribution in [0.2, 0.25) is 0 Å². The van der Waals surface area contributed by atoms with Crippen molar-refractivity contribution in [2.45, 2.75) is 31.8 Å². The predicted molar refractivity (Wildman–Crippen MR) is 146 cm³/mol. The molecule has 2 aromatic carbocycles. The molecule has 0 unspecified atom stereocenters. The molecule has 6 nitrogen and oxygen atoms in total. The van der Waals surface area contributed by atoms with Crippen molar-refractivity contribution in [3.05, 3.63) is 74.5 Å². The minimum atomic E-state index is -0.175. The van der Waals surface area contributed by atoms with Gasteiger partial charge in [0.25, 0.3) is 5.56 Å². The quantitative estimate of drug-likeness (QED) is 0.193. The molecule has 0 atom stereocenters. The first-order valence-electron chi connectivity index (χ1n) is 11.6. The maximum Gasteiger partial charge on any atom is 0.278 e. The van der Waals surface area contributed by atoms with Crippen LogP contribution in [0.15, 0.2) is 64.5 Å². The minimum Gasteiger partial charge on any atom is -0.342 e. The highest BCUT2D eigenvalue weighted by Gasteiger charge is 2.23. The van der Waals surface area contributed by atoms with E-state index in [9.17, 15) is 9.59 Å². The van der Waals surface area contributed by atoms with E-state index in [1.54, 1.807) is 4.57 Å². The van der Waals surface area contributed by atoms with Gasteiger partial charge >= 0.3 is 0 Å². The average molecular weight is 523 g/mol. The Morgan fingerprint density at radius 2 is 1.77 bits per heavy atom. The van der Waals surface area contributed by atoms with Gasteiger partial charge in [-0.3, -0.25) is 18.7 Å². The second kappa shape index (κ2) is 10.1. The molecule has 0 spiro atoms. The van der Waals surface area contributed by atoms with Gasteiger partial charge in [-0.1, -0.05) is 66.4 Å². The third-order valence-corrected chi connectivity index (χ3v) is 8.68. The van der Waals surface area contributed by atoms with Gasteiger partial charge < -0.3 is 4.90 Å².